The fourth-order valence-corrected chi connectivity index (χ4v) is 3.13. The highest BCUT2D eigenvalue weighted by Crippen LogP contribution is 2.24. The molecule has 0 aliphatic carbocycles. The molecule has 1 N–H and O–H groups in total. The summed E-state index contributed by atoms with van der Waals surface area (Å²) < 4.78 is 5.62. The Morgan fingerprint density at radius 3 is 2.74 bits per heavy atom. The van der Waals surface area contributed by atoms with E-state index in [-0.39, 0.29) is 18.4 Å². The number of nitrogens with one attached hydrogen (secondary N) is 1. The van der Waals surface area contributed by atoms with E-state index in [9.17, 15) is 9.59 Å². The number of nitrogens with zero attached hydrogens (tertiary/aromatic N) is 2. The first-order chi connectivity index (χ1) is 11.1. The molecule has 2 fully saturated rings. The Kier molecular flexibility index (Phi) is 4.93. The Morgan fingerprint density at radius 2 is 1.96 bits per heavy atom. The molecule has 0 spiro atoms. The topological polar surface area (TPSA) is 61.9 Å². The van der Waals surface area contributed by atoms with E-state index in [0.29, 0.717) is 6.54 Å². The van der Waals surface area contributed by atoms with Crippen molar-refractivity contribution in [3.8, 4) is 0 Å². The molecular formula is C17H23N3O3. The zero-order chi connectivity index (χ0) is 16.2. The molecule has 2 amide bonds. The third kappa shape index (κ3) is 3.71. The van der Waals surface area contributed by atoms with E-state index < -0.39 is 12.1 Å². The fourth-order valence-electron chi connectivity index (χ4n) is 3.13. The molecule has 2 atom stereocenters. The lowest BCUT2D eigenvalue weighted by molar-refractivity contribution is -0.155. The Labute approximate surface area is 136 Å². The van der Waals surface area contributed by atoms with Crippen LogP contribution in [0.2, 0.25) is 0 Å². The van der Waals surface area contributed by atoms with Gasteiger partial charge in [0.05, 0.1) is 6.04 Å². The summed E-state index contributed by atoms with van der Waals surface area (Å²) in [5.41, 5.74) is 0.894. The highest BCUT2D eigenvalue weighted by Gasteiger charge is 2.38. The van der Waals surface area contributed by atoms with Gasteiger partial charge in [0, 0.05) is 19.6 Å². The second-order valence-electron chi connectivity index (χ2n) is 6.17. The molecule has 6 heteroatoms. The lowest BCUT2D eigenvalue weighted by Crippen LogP contribution is -2.53. The van der Waals surface area contributed by atoms with Crippen LogP contribution >= 0.6 is 0 Å². The molecule has 1 aromatic carbocycles. The Morgan fingerprint density at radius 1 is 1.17 bits per heavy atom. The van der Waals surface area contributed by atoms with Crippen molar-refractivity contribution in [1.82, 2.24) is 15.1 Å². The van der Waals surface area contributed by atoms with Gasteiger partial charge in [0.1, 0.15) is 6.61 Å². The number of hydrogen-bond acceptors (Lipinski definition) is 4. The summed E-state index contributed by atoms with van der Waals surface area (Å²) in [5.74, 6) is -0.215. The van der Waals surface area contributed by atoms with Crippen LogP contribution in [0.5, 0.6) is 0 Å². The highest BCUT2D eigenvalue weighted by atomic mass is 16.5. The van der Waals surface area contributed by atoms with Crippen LogP contribution in [-0.2, 0) is 14.3 Å². The SMILES string of the molecule is CN1CCCN(C(=O)[C@H]2OCC(=O)N[C@@H]2c2ccccc2)CC1. The van der Waals surface area contributed by atoms with Crippen molar-refractivity contribution in [1.29, 1.82) is 0 Å². The Hall–Kier alpha value is -1.92. The third-order valence-corrected chi connectivity index (χ3v) is 4.45. The molecule has 2 saturated heterocycles. The van der Waals surface area contributed by atoms with Gasteiger partial charge in [-0.15, -0.1) is 0 Å². The summed E-state index contributed by atoms with van der Waals surface area (Å²) in [4.78, 5) is 28.7. The number of carbonyl (C=O) groups excluding carboxylic acids is 2. The standard InChI is InChI=1S/C17H23N3O3/c1-19-8-5-9-20(11-10-19)17(22)16-15(18-14(21)12-23-16)13-6-3-2-4-7-13/h2-4,6-7,15-16H,5,8-12H2,1H3,(H,18,21)/t15-,16+/m1/s1. The Bertz CT molecular complexity index is 563. The quantitative estimate of drug-likeness (QED) is 0.858. The molecule has 0 aromatic heterocycles. The molecular weight excluding hydrogens is 294 g/mol. The largest absolute Gasteiger partial charge is 0.356 e. The van der Waals surface area contributed by atoms with E-state index in [1.54, 1.807) is 0 Å². The fraction of sp³-hybridized carbons (Fsp3) is 0.529. The summed E-state index contributed by atoms with van der Waals surface area (Å²) in [6.45, 7) is 3.23. The molecule has 0 radical (unpaired) electrons. The second kappa shape index (κ2) is 7.10. The van der Waals surface area contributed by atoms with Crippen molar-refractivity contribution in [2.45, 2.75) is 18.6 Å². The zero-order valence-corrected chi connectivity index (χ0v) is 13.4. The number of likely N-dealkylation sites (N-methyl/N-ethyl adjacent to an activating group) is 1. The van der Waals surface area contributed by atoms with E-state index in [2.05, 4.69) is 17.3 Å². The van der Waals surface area contributed by atoms with Gasteiger partial charge >= 0.3 is 0 Å². The molecule has 6 nitrogen and oxygen atoms in total. The minimum Gasteiger partial charge on any atom is -0.356 e. The molecule has 0 bridgehead atoms. The summed E-state index contributed by atoms with van der Waals surface area (Å²) in [6.07, 6.45) is 0.302. The number of ether oxygens (including phenoxy) is 1. The average Bonchev–Trinajstić information content (AvgIpc) is 2.79. The number of amides is 2. The van der Waals surface area contributed by atoms with Crippen LogP contribution in [0.1, 0.15) is 18.0 Å². The van der Waals surface area contributed by atoms with Crippen molar-refractivity contribution in [3.63, 3.8) is 0 Å². The molecule has 2 heterocycles. The van der Waals surface area contributed by atoms with Crippen LogP contribution in [0.3, 0.4) is 0 Å². The van der Waals surface area contributed by atoms with Gasteiger partial charge in [-0.05, 0) is 25.6 Å². The van der Waals surface area contributed by atoms with E-state index in [1.807, 2.05) is 35.2 Å². The third-order valence-electron chi connectivity index (χ3n) is 4.45. The maximum absolute atomic E-state index is 12.9. The van der Waals surface area contributed by atoms with E-state index in [4.69, 9.17) is 4.74 Å². The van der Waals surface area contributed by atoms with Gasteiger partial charge in [-0.25, -0.2) is 0 Å². The predicted molar refractivity (Wildman–Crippen MR) is 85.8 cm³/mol. The Balaban J connectivity index is 1.78. The lowest BCUT2D eigenvalue weighted by Gasteiger charge is -2.35. The van der Waals surface area contributed by atoms with Crippen molar-refractivity contribution in [2.75, 3.05) is 39.8 Å². The van der Waals surface area contributed by atoms with Crippen LogP contribution in [0, 0.1) is 0 Å². The number of morpholine rings is 1. The van der Waals surface area contributed by atoms with Crippen LogP contribution in [0.25, 0.3) is 0 Å². The average molecular weight is 317 g/mol. The maximum Gasteiger partial charge on any atom is 0.254 e. The molecule has 2 aliphatic rings. The number of benzene rings is 1. The van der Waals surface area contributed by atoms with Crippen molar-refractivity contribution in [2.24, 2.45) is 0 Å². The van der Waals surface area contributed by atoms with E-state index >= 15 is 0 Å². The molecule has 0 saturated carbocycles. The van der Waals surface area contributed by atoms with Gasteiger partial charge in [0.2, 0.25) is 5.91 Å². The van der Waals surface area contributed by atoms with Gasteiger partial charge in [0.25, 0.3) is 5.91 Å². The lowest BCUT2D eigenvalue weighted by atomic mass is 9.98. The van der Waals surface area contributed by atoms with Crippen molar-refractivity contribution >= 4 is 11.8 Å². The predicted octanol–water partition coefficient (Wildman–Crippen LogP) is 0.407. The zero-order valence-electron chi connectivity index (χ0n) is 13.4. The van der Waals surface area contributed by atoms with Crippen molar-refractivity contribution in [3.05, 3.63) is 35.9 Å². The second-order valence-corrected chi connectivity index (χ2v) is 6.17. The first-order valence-corrected chi connectivity index (χ1v) is 8.08. The molecule has 1 aromatic rings. The van der Waals surface area contributed by atoms with Crippen molar-refractivity contribution < 1.29 is 14.3 Å². The molecule has 2 aliphatic heterocycles. The summed E-state index contributed by atoms with van der Waals surface area (Å²) in [7, 11) is 2.07. The van der Waals surface area contributed by atoms with Crippen LogP contribution in [0.15, 0.2) is 30.3 Å². The first-order valence-electron chi connectivity index (χ1n) is 8.08. The summed E-state index contributed by atoms with van der Waals surface area (Å²) >= 11 is 0. The smallest absolute Gasteiger partial charge is 0.254 e. The molecule has 3 rings (SSSR count). The molecule has 124 valence electrons. The monoisotopic (exact) mass is 317 g/mol. The molecule has 23 heavy (non-hydrogen) atoms. The number of hydrogen-bond donors (Lipinski definition) is 1. The number of rotatable bonds is 2. The van der Waals surface area contributed by atoms with Crippen LogP contribution < -0.4 is 5.32 Å². The molecule has 0 unspecified atom stereocenters. The normalized spacial score (nSPS) is 26.5. The van der Waals surface area contributed by atoms with E-state index in [0.717, 1.165) is 31.6 Å². The maximum atomic E-state index is 12.9. The van der Waals surface area contributed by atoms with Gasteiger partial charge < -0.3 is 19.9 Å². The van der Waals surface area contributed by atoms with Gasteiger partial charge in [-0.3, -0.25) is 9.59 Å². The summed E-state index contributed by atoms with van der Waals surface area (Å²) in [6, 6.07) is 9.12. The van der Waals surface area contributed by atoms with Crippen LogP contribution in [-0.4, -0.2) is 67.6 Å². The first kappa shape index (κ1) is 16.0. The van der Waals surface area contributed by atoms with Gasteiger partial charge in [-0.1, -0.05) is 30.3 Å². The van der Waals surface area contributed by atoms with Crippen LogP contribution in [0.4, 0.5) is 0 Å². The number of carbonyl (C=O) groups is 2. The highest BCUT2D eigenvalue weighted by molar-refractivity contribution is 5.86. The summed E-state index contributed by atoms with van der Waals surface area (Å²) in [5, 5.41) is 2.91. The van der Waals surface area contributed by atoms with Gasteiger partial charge in [-0.2, -0.15) is 0 Å². The van der Waals surface area contributed by atoms with Gasteiger partial charge in [0.15, 0.2) is 6.10 Å². The minimum atomic E-state index is -0.654. The van der Waals surface area contributed by atoms with E-state index in [1.165, 1.54) is 0 Å². The minimum absolute atomic E-state index is 0.0332.